The molecule has 27 heavy (non-hydrogen) atoms. The van der Waals surface area contributed by atoms with Crippen LogP contribution in [0.3, 0.4) is 0 Å². The Balaban J connectivity index is 1.71. The Kier molecular flexibility index (Phi) is 5.88. The Labute approximate surface area is 162 Å². The van der Waals surface area contributed by atoms with E-state index >= 15 is 0 Å². The van der Waals surface area contributed by atoms with Crippen molar-refractivity contribution in [3.05, 3.63) is 76.7 Å². The molecule has 2 N–H and O–H groups in total. The molecule has 0 aliphatic carbocycles. The minimum atomic E-state index is -0.278. The standard InChI is InChI=1S/C20H19ClN4O2/c1-13-4-3-5-14(8-13)11-22-20(26)17-10-19(24-12-23-17)25-16-9-15(21)6-7-18(16)27-2/h3-10,12H,11H2,1-2H3,(H,22,26)(H,23,24,25). The molecular formula is C20H19ClN4O2. The van der Waals surface area contributed by atoms with Gasteiger partial charge >= 0.3 is 0 Å². The molecule has 3 aromatic rings. The molecule has 0 unspecified atom stereocenters. The lowest BCUT2D eigenvalue weighted by molar-refractivity contribution is 0.0946. The molecule has 0 aliphatic rings. The molecular weight excluding hydrogens is 364 g/mol. The molecule has 1 aromatic heterocycles. The van der Waals surface area contributed by atoms with Gasteiger partial charge in [0.15, 0.2) is 0 Å². The van der Waals surface area contributed by atoms with Gasteiger partial charge in [0.2, 0.25) is 0 Å². The van der Waals surface area contributed by atoms with E-state index in [-0.39, 0.29) is 11.6 Å². The van der Waals surface area contributed by atoms with Gasteiger partial charge in [-0.3, -0.25) is 4.79 Å². The van der Waals surface area contributed by atoms with Gasteiger partial charge in [-0.05, 0) is 30.7 Å². The van der Waals surface area contributed by atoms with Crippen molar-refractivity contribution in [3.8, 4) is 5.75 Å². The van der Waals surface area contributed by atoms with Gasteiger partial charge in [0.05, 0.1) is 12.8 Å². The van der Waals surface area contributed by atoms with Crippen molar-refractivity contribution in [3.63, 3.8) is 0 Å². The first-order valence-electron chi connectivity index (χ1n) is 8.31. The maximum atomic E-state index is 12.4. The molecule has 1 heterocycles. The average molecular weight is 383 g/mol. The van der Waals surface area contributed by atoms with Gasteiger partial charge in [0.1, 0.15) is 23.6 Å². The molecule has 0 atom stereocenters. The Bertz CT molecular complexity index is 962. The van der Waals surface area contributed by atoms with Crippen LogP contribution in [0.2, 0.25) is 5.02 Å². The van der Waals surface area contributed by atoms with Crippen molar-refractivity contribution in [2.45, 2.75) is 13.5 Å². The van der Waals surface area contributed by atoms with E-state index in [0.717, 1.165) is 11.1 Å². The first-order chi connectivity index (χ1) is 13.0. The maximum absolute atomic E-state index is 12.4. The van der Waals surface area contributed by atoms with Crippen LogP contribution in [0.5, 0.6) is 5.75 Å². The first kappa shape index (κ1) is 18.7. The Morgan fingerprint density at radius 1 is 1.15 bits per heavy atom. The van der Waals surface area contributed by atoms with Crippen molar-refractivity contribution in [1.82, 2.24) is 15.3 Å². The van der Waals surface area contributed by atoms with Crippen molar-refractivity contribution in [2.75, 3.05) is 12.4 Å². The SMILES string of the molecule is COc1ccc(Cl)cc1Nc1cc(C(=O)NCc2cccc(C)c2)ncn1. The average Bonchev–Trinajstić information content (AvgIpc) is 2.66. The van der Waals surface area contributed by atoms with E-state index in [4.69, 9.17) is 16.3 Å². The fraction of sp³-hybridized carbons (Fsp3) is 0.150. The van der Waals surface area contributed by atoms with Gasteiger partial charge in [-0.15, -0.1) is 0 Å². The molecule has 0 radical (unpaired) electrons. The van der Waals surface area contributed by atoms with Gasteiger partial charge in [-0.1, -0.05) is 41.4 Å². The predicted molar refractivity (Wildman–Crippen MR) is 106 cm³/mol. The molecule has 2 aromatic carbocycles. The molecule has 0 spiro atoms. The topological polar surface area (TPSA) is 76.1 Å². The number of hydrogen-bond acceptors (Lipinski definition) is 5. The number of carbonyl (C=O) groups excluding carboxylic acids is 1. The third-order valence-corrected chi connectivity index (χ3v) is 4.09. The highest BCUT2D eigenvalue weighted by Crippen LogP contribution is 2.29. The molecule has 7 heteroatoms. The summed E-state index contributed by atoms with van der Waals surface area (Å²) >= 11 is 6.04. The Morgan fingerprint density at radius 2 is 2.00 bits per heavy atom. The van der Waals surface area contributed by atoms with E-state index in [9.17, 15) is 4.79 Å². The minimum absolute atomic E-state index is 0.265. The maximum Gasteiger partial charge on any atom is 0.270 e. The minimum Gasteiger partial charge on any atom is -0.495 e. The zero-order chi connectivity index (χ0) is 19.2. The lowest BCUT2D eigenvalue weighted by Crippen LogP contribution is -2.24. The fourth-order valence-corrected chi connectivity index (χ4v) is 2.73. The summed E-state index contributed by atoms with van der Waals surface area (Å²) in [6, 6.07) is 14.7. The van der Waals surface area contributed by atoms with E-state index in [0.29, 0.717) is 28.8 Å². The van der Waals surface area contributed by atoms with Crippen LogP contribution in [-0.2, 0) is 6.54 Å². The largest absolute Gasteiger partial charge is 0.495 e. The summed E-state index contributed by atoms with van der Waals surface area (Å²) in [5.41, 5.74) is 3.08. The van der Waals surface area contributed by atoms with Gasteiger partial charge in [-0.25, -0.2) is 9.97 Å². The lowest BCUT2D eigenvalue weighted by Gasteiger charge is -2.11. The fourth-order valence-electron chi connectivity index (χ4n) is 2.56. The summed E-state index contributed by atoms with van der Waals surface area (Å²) in [5.74, 6) is 0.801. The van der Waals surface area contributed by atoms with Crippen molar-refractivity contribution in [1.29, 1.82) is 0 Å². The highest BCUT2D eigenvalue weighted by molar-refractivity contribution is 6.31. The highest BCUT2D eigenvalue weighted by atomic mass is 35.5. The number of aryl methyl sites for hydroxylation is 1. The third kappa shape index (κ3) is 4.95. The number of carbonyl (C=O) groups is 1. The monoisotopic (exact) mass is 382 g/mol. The molecule has 1 amide bonds. The van der Waals surface area contributed by atoms with Crippen LogP contribution in [0, 0.1) is 6.92 Å². The van der Waals surface area contributed by atoms with Crippen molar-refractivity contribution in [2.24, 2.45) is 0 Å². The molecule has 0 bridgehead atoms. The molecule has 0 aliphatic heterocycles. The number of nitrogens with one attached hydrogen (secondary N) is 2. The lowest BCUT2D eigenvalue weighted by atomic mass is 10.1. The summed E-state index contributed by atoms with van der Waals surface area (Å²) in [5, 5.41) is 6.52. The van der Waals surface area contributed by atoms with Gasteiger partial charge in [0.25, 0.3) is 5.91 Å². The zero-order valence-corrected chi connectivity index (χ0v) is 15.7. The number of amides is 1. The second-order valence-electron chi connectivity index (χ2n) is 5.93. The predicted octanol–water partition coefficient (Wildman–Crippen LogP) is 4.12. The summed E-state index contributed by atoms with van der Waals surface area (Å²) in [7, 11) is 1.57. The molecule has 0 fully saturated rings. The summed E-state index contributed by atoms with van der Waals surface area (Å²) in [6.45, 7) is 2.44. The highest BCUT2D eigenvalue weighted by Gasteiger charge is 2.10. The van der Waals surface area contributed by atoms with E-state index in [1.54, 1.807) is 31.4 Å². The number of halogens is 1. The van der Waals surface area contributed by atoms with Crippen LogP contribution < -0.4 is 15.4 Å². The smallest absolute Gasteiger partial charge is 0.270 e. The zero-order valence-electron chi connectivity index (χ0n) is 15.0. The van der Waals surface area contributed by atoms with E-state index in [1.165, 1.54) is 6.33 Å². The molecule has 6 nitrogen and oxygen atoms in total. The molecule has 138 valence electrons. The van der Waals surface area contributed by atoms with Crippen LogP contribution in [0.1, 0.15) is 21.6 Å². The van der Waals surface area contributed by atoms with E-state index in [1.807, 2.05) is 31.2 Å². The number of benzene rings is 2. The Hall–Kier alpha value is -3.12. The van der Waals surface area contributed by atoms with Crippen LogP contribution in [0.25, 0.3) is 0 Å². The van der Waals surface area contributed by atoms with Gasteiger partial charge < -0.3 is 15.4 Å². The van der Waals surface area contributed by atoms with E-state index in [2.05, 4.69) is 20.6 Å². The molecule has 3 rings (SSSR count). The number of aromatic nitrogens is 2. The van der Waals surface area contributed by atoms with Gasteiger partial charge in [-0.2, -0.15) is 0 Å². The number of anilines is 2. The third-order valence-electron chi connectivity index (χ3n) is 3.86. The van der Waals surface area contributed by atoms with Crippen molar-refractivity contribution >= 4 is 29.0 Å². The van der Waals surface area contributed by atoms with Gasteiger partial charge in [0, 0.05) is 17.6 Å². The summed E-state index contributed by atoms with van der Waals surface area (Å²) in [4.78, 5) is 20.6. The summed E-state index contributed by atoms with van der Waals surface area (Å²) < 4.78 is 5.30. The summed E-state index contributed by atoms with van der Waals surface area (Å²) in [6.07, 6.45) is 1.33. The number of methoxy groups -OCH3 is 1. The second kappa shape index (κ2) is 8.51. The Morgan fingerprint density at radius 3 is 2.78 bits per heavy atom. The first-order valence-corrected chi connectivity index (χ1v) is 8.69. The van der Waals surface area contributed by atoms with Crippen LogP contribution in [0.4, 0.5) is 11.5 Å². The number of rotatable bonds is 6. The molecule has 0 saturated carbocycles. The van der Waals surface area contributed by atoms with Crippen molar-refractivity contribution < 1.29 is 9.53 Å². The molecule has 0 saturated heterocycles. The normalized spacial score (nSPS) is 10.3. The number of hydrogen-bond donors (Lipinski definition) is 2. The number of ether oxygens (including phenoxy) is 1. The second-order valence-corrected chi connectivity index (χ2v) is 6.37. The van der Waals surface area contributed by atoms with E-state index < -0.39 is 0 Å². The van der Waals surface area contributed by atoms with Crippen LogP contribution in [0.15, 0.2) is 54.9 Å². The van der Waals surface area contributed by atoms with Crippen LogP contribution in [-0.4, -0.2) is 23.0 Å². The van der Waals surface area contributed by atoms with Crippen LogP contribution >= 0.6 is 11.6 Å². The number of nitrogens with zero attached hydrogens (tertiary/aromatic N) is 2. The quantitative estimate of drug-likeness (QED) is 0.670.